The normalized spacial score (nSPS) is 13.6. The second-order valence-corrected chi connectivity index (χ2v) is 5.78. The van der Waals surface area contributed by atoms with E-state index < -0.39 is 29.4 Å². The van der Waals surface area contributed by atoms with Crippen LogP contribution in [0.3, 0.4) is 0 Å². The summed E-state index contributed by atoms with van der Waals surface area (Å²) in [7, 11) is 0. The molecular weight excluding hydrogens is 299 g/mol. The summed E-state index contributed by atoms with van der Waals surface area (Å²) >= 11 is 0. The summed E-state index contributed by atoms with van der Waals surface area (Å²) in [5, 5.41) is 2.53. The van der Waals surface area contributed by atoms with E-state index in [-0.39, 0.29) is 13.1 Å². The SMILES string of the molecule is CC(C)(C)OC(=O)NCC(CN)c1ccc(C(F)(F)F)cn1. The Balaban J connectivity index is 2.67. The first kappa shape index (κ1) is 18.2. The zero-order valence-electron chi connectivity index (χ0n) is 12.7. The Morgan fingerprint density at radius 2 is 2.00 bits per heavy atom. The zero-order chi connectivity index (χ0) is 17.0. The Labute approximate surface area is 127 Å². The highest BCUT2D eigenvalue weighted by atomic mass is 19.4. The van der Waals surface area contributed by atoms with Gasteiger partial charge in [-0.1, -0.05) is 0 Å². The highest BCUT2D eigenvalue weighted by Gasteiger charge is 2.31. The third-order valence-corrected chi connectivity index (χ3v) is 2.71. The number of nitrogens with two attached hydrogens (primary N) is 1. The van der Waals surface area contributed by atoms with Crippen molar-refractivity contribution in [3.63, 3.8) is 0 Å². The molecule has 8 heteroatoms. The molecule has 1 amide bonds. The molecule has 1 aromatic heterocycles. The van der Waals surface area contributed by atoms with Gasteiger partial charge in [-0.05, 0) is 32.9 Å². The van der Waals surface area contributed by atoms with Gasteiger partial charge >= 0.3 is 12.3 Å². The Morgan fingerprint density at radius 3 is 2.41 bits per heavy atom. The van der Waals surface area contributed by atoms with Crippen LogP contribution >= 0.6 is 0 Å². The monoisotopic (exact) mass is 319 g/mol. The highest BCUT2D eigenvalue weighted by Crippen LogP contribution is 2.29. The third kappa shape index (κ3) is 5.88. The Bertz CT molecular complexity index is 496. The van der Waals surface area contributed by atoms with Crippen LogP contribution in [0.4, 0.5) is 18.0 Å². The molecule has 0 saturated carbocycles. The number of alkyl carbamates (subject to hydrolysis) is 1. The highest BCUT2D eigenvalue weighted by molar-refractivity contribution is 5.67. The fourth-order valence-electron chi connectivity index (χ4n) is 1.64. The smallest absolute Gasteiger partial charge is 0.417 e. The fourth-order valence-corrected chi connectivity index (χ4v) is 1.64. The quantitative estimate of drug-likeness (QED) is 0.894. The van der Waals surface area contributed by atoms with E-state index >= 15 is 0 Å². The number of carbonyl (C=O) groups excluding carboxylic acids is 1. The van der Waals surface area contributed by atoms with Crippen LogP contribution in [-0.2, 0) is 10.9 Å². The fraction of sp³-hybridized carbons (Fsp3) is 0.571. The standard InChI is InChI=1S/C14H20F3N3O2/c1-13(2,3)22-12(21)20-7-9(6-18)11-5-4-10(8-19-11)14(15,16)17/h4-5,8-9H,6-7,18H2,1-3H3,(H,20,21). The molecule has 0 bridgehead atoms. The van der Waals surface area contributed by atoms with Crippen molar-refractivity contribution in [2.45, 2.75) is 38.5 Å². The van der Waals surface area contributed by atoms with Crippen LogP contribution < -0.4 is 11.1 Å². The molecule has 0 fully saturated rings. The number of hydrogen-bond acceptors (Lipinski definition) is 4. The Morgan fingerprint density at radius 1 is 1.36 bits per heavy atom. The van der Waals surface area contributed by atoms with Crippen molar-refractivity contribution < 1.29 is 22.7 Å². The maximum atomic E-state index is 12.5. The molecule has 1 aromatic rings. The molecule has 22 heavy (non-hydrogen) atoms. The molecule has 1 rings (SSSR count). The van der Waals surface area contributed by atoms with Gasteiger partial charge in [-0.25, -0.2) is 4.79 Å². The lowest BCUT2D eigenvalue weighted by atomic mass is 10.0. The second kappa shape index (κ2) is 6.95. The molecule has 0 aromatic carbocycles. The van der Waals surface area contributed by atoms with Crippen LogP contribution in [0.25, 0.3) is 0 Å². The van der Waals surface area contributed by atoms with E-state index in [9.17, 15) is 18.0 Å². The predicted octanol–water partition coefficient (Wildman–Crippen LogP) is 2.67. The topological polar surface area (TPSA) is 77.2 Å². The van der Waals surface area contributed by atoms with Gasteiger partial charge < -0.3 is 15.8 Å². The largest absolute Gasteiger partial charge is 0.444 e. The second-order valence-electron chi connectivity index (χ2n) is 5.78. The van der Waals surface area contributed by atoms with Gasteiger partial charge in [0.2, 0.25) is 0 Å². The van der Waals surface area contributed by atoms with Crippen molar-refractivity contribution in [2.75, 3.05) is 13.1 Å². The van der Waals surface area contributed by atoms with Crippen molar-refractivity contribution in [3.8, 4) is 0 Å². The Kier molecular flexibility index (Phi) is 5.76. The molecule has 0 aliphatic carbocycles. The number of pyridine rings is 1. The molecule has 0 aliphatic rings. The van der Waals surface area contributed by atoms with Crippen molar-refractivity contribution in [2.24, 2.45) is 5.73 Å². The third-order valence-electron chi connectivity index (χ3n) is 2.71. The lowest BCUT2D eigenvalue weighted by molar-refractivity contribution is -0.137. The number of rotatable bonds is 4. The summed E-state index contributed by atoms with van der Waals surface area (Å²) in [6.07, 6.45) is -4.29. The van der Waals surface area contributed by atoms with Crippen molar-refractivity contribution in [3.05, 3.63) is 29.6 Å². The van der Waals surface area contributed by atoms with E-state index in [2.05, 4.69) is 10.3 Å². The van der Waals surface area contributed by atoms with E-state index in [0.717, 1.165) is 12.3 Å². The summed E-state index contributed by atoms with van der Waals surface area (Å²) in [4.78, 5) is 15.3. The maximum Gasteiger partial charge on any atom is 0.417 e. The van der Waals surface area contributed by atoms with Gasteiger partial charge in [0.05, 0.1) is 5.56 Å². The van der Waals surface area contributed by atoms with E-state index in [1.807, 2.05) is 0 Å². The van der Waals surface area contributed by atoms with Crippen molar-refractivity contribution in [1.29, 1.82) is 0 Å². The number of halogens is 3. The molecule has 5 nitrogen and oxygen atoms in total. The number of nitrogens with zero attached hydrogens (tertiary/aromatic N) is 1. The summed E-state index contributed by atoms with van der Waals surface area (Å²) < 4.78 is 42.5. The minimum Gasteiger partial charge on any atom is -0.444 e. The molecule has 1 heterocycles. The van der Waals surface area contributed by atoms with Crippen LogP contribution in [0.15, 0.2) is 18.3 Å². The van der Waals surface area contributed by atoms with Crippen molar-refractivity contribution in [1.82, 2.24) is 10.3 Å². The minimum atomic E-state index is -4.43. The number of aromatic nitrogens is 1. The number of hydrogen-bond donors (Lipinski definition) is 2. The van der Waals surface area contributed by atoms with E-state index in [1.165, 1.54) is 6.07 Å². The van der Waals surface area contributed by atoms with Crippen LogP contribution in [0.2, 0.25) is 0 Å². The Hall–Kier alpha value is -1.83. The molecule has 1 unspecified atom stereocenters. The summed E-state index contributed by atoms with van der Waals surface area (Å²) in [5.74, 6) is -0.394. The van der Waals surface area contributed by atoms with Crippen LogP contribution in [0.5, 0.6) is 0 Å². The predicted molar refractivity (Wildman–Crippen MR) is 75.3 cm³/mol. The zero-order valence-corrected chi connectivity index (χ0v) is 12.7. The van der Waals surface area contributed by atoms with E-state index in [4.69, 9.17) is 10.5 Å². The summed E-state index contributed by atoms with van der Waals surface area (Å²) in [5.41, 5.74) is 4.51. The first-order valence-electron chi connectivity index (χ1n) is 6.73. The molecule has 0 aliphatic heterocycles. The van der Waals surface area contributed by atoms with Gasteiger partial charge in [-0.2, -0.15) is 13.2 Å². The van der Waals surface area contributed by atoms with Crippen molar-refractivity contribution >= 4 is 6.09 Å². The average Bonchev–Trinajstić information content (AvgIpc) is 2.37. The van der Waals surface area contributed by atoms with Crippen LogP contribution in [0, 0.1) is 0 Å². The first-order chi connectivity index (χ1) is 10.0. The average molecular weight is 319 g/mol. The number of alkyl halides is 3. The molecule has 0 saturated heterocycles. The molecule has 1 atom stereocenters. The van der Waals surface area contributed by atoms with Gasteiger partial charge in [0, 0.05) is 30.9 Å². The molecule has 0 radical (unpaired) electrons. The van der Waals surface area contributed by atoms with Gasteiger partial charge in [-0.3, -0.25) is 4.98 Å². The first-order valence-corrected chi connectivity index (χ1v) is 6.73. The molecule has 0 spiro atoms. The molecule has 3 N–H and O–H groups in total. The van der Waals surface area contributed by atoms with Crippen LogP contribution in [-0.4, -0.2) is 29.8 Å². The summed E-state index contributed by atoms with van der Waals surface area (Å²) in [6.45, 7) is 5.44. The number of amides is 1. The summed E-state index contributed by atoms with van der Waals surface area (Å²) in [6, 6.07) is 2.20. The maximum absolute atomic E-state index is 12.5. The van der Waals surface area contributed by atoms with Gasteiger partial charge in [0.25, 0.3) is 0 Å². The minimum absolute atomic E-state index is 0.129. The van der Waals surface area contributed by atoms with Crippen LogP contribution in [0.1, 0.15) is 37.9 Å². The van der Waals surface area contributed by atoms with E-state index in [0.29, 0.717) is 5.69 Å². The van der Waals surface area contributed by atoms with E-state index in [1.54, 1.807) is 20.8 Å². The lowest BCUT2D eigenvalue weighted by Crippen LogP contribution is -2.36. The number of nitrogens with one attached hydrogen (secondary N) is 1. The number of carbonyl (C=O) groups is 1. The molecule has 124 valence electrons. The lowest BCUT2D eigenvalue weighted by Gasteiger charge is -2.21. The molecular formula is C14H20F3N3O2. The van der Waals surface area contributed by atoms with Gasteiger partial charge in [0.15, 0.2) is 0 Å². The van der Waals surface area contributed by atoms with Gasteiger partial charge in [-0.15, -0.1) is 0 Å². The number of ether oxygens (including phenoxy) is 1. The van der Waals surface area contributed by atoms with Gasteiger partial charge in [0.1, 0.15) is 5.60 Å².